The van der Waals surface area contributed by atoms with Gasteiger partial charge in [0.2, 0.25) is 11.8 Å². The lowest BCUT2D eigenvalue weighted by atomic mass is 10.0. The van der Waals surface area contributed by atoms with Crippen LogP contribution < -0.4 is 5.32 Å². The van der Waals surface area contributed by atoms with Gasteiger partial charge in [0.15, 0.2) is 5.78 Å². The molecule has 3 atom stereocenters. The molecular formula is C26H26BrN5O3. The molecule has 1 unspecified atom stereocenters. The van der Waals surface area contributed by atoms with Crippen LogP contribution in [0.1, 0.15) is 54.7 Å². The number of benzene rings is 1. The first-order chi connectivity index (χ1) is 16.7. The van der Waals surface area contributed by atoms with Gasteiger partial charge in [0, 0.05) is 18.4 Å². The summed E-state index contributed by atoms with van der Waals surface area (Å²) in [5, 5.41) is 8.14. The van der Waals surface area contributed by atoms with E-state index in [4.69, 9.17) is 0 Å². The van der Waals surface area contributed by atoms with Gasteiger partial charge in [-0.25, -0.2) is 4.98 Å². The Morgan fingerprint density at radius 2 is 2.00 bits per heavy atom. The third-order valence-corrected chi connectivity index (χ3v) is 8.45. The Bertz CT molecular complexity index is 1420. The first kappa shape index (κ1) is 22.4. The van der Waals surface area contributed by atoms with E-state index in [1.807, 2.05) is 30.3 Å². The SMILES string of the molecule is CC(=O)c1nn(CC(=O)N2C3C[C@]3(C)C[C@H]2C(=O)Nc2cc3c(c(Br)n2)CCC3)c2ccccc12. The second-order valence-electron chi connectivity index (χ2n) is 10.3. The van der Waals surface area contributed by atoms with Crippen LogP contribution in [0.5, 0.6) is 0 Å². The number of Topliss-reactive ketones (excluding diaryl/α,β-unsaturated/α-hetero) is 1. The zero-order valence-corrected chi connectivity index (χ0v) is 21.3. The maximum absolute atomic E-state index is 13.6. The normalized spacial score (nSPS) is 24.4. The monoisotopic (exact) mass is 535 g/mol. The topological polar surface area (TPSA) is 97.2 Å². The number of ketones is 1. The molecule has 2 aliphatic carbocycles. The van der Waals surface area contributed by atoms with E-state index in [0.717, 1.165) is 41.2 Å². The molecule has 3 heterocycles. The zero-order valence-electron chi connectivity index (χ0n) is 19.7. The fraction of sp³-hybridized carbons (Fsp3) is 0.423. The lowest BCUT2D eigenvalue weighted by Crippen LogP contribution is -2.46. The van der Waals surface area contributed by atoms with Gasteiger partial charge in [-0.05, 0) is 76.7 Å². The molecule has 1 saturated carbocycles. The van der Waals surface area contributed by atoms with Crippen LogP contribution >= 0.6 is 15.9 Å². The van der Waals surface area contributed by atoms with Gasteiger partial charge in [0.1, 0.15) is 28.7 Å². The summed E-state index contributed by atoms with van der Waals surface area (Å²) >= 11 is 3.54. The smallest absolute Gasteiger partial charge is 0.248 e. The zero-order chi connectivity index (χ0) is 24.5. The fourth-order valence-electron chi connectivity index (χ4n) is 5.88. The van der Waals surface area contributed by atoms with Crippen molar-refractivity contribution >= 4 is 50.2 Å². The number of nitrogens with zero attached hydrogens (tertiary/aromatic N) is 4. The van der Waals surface area contributed by atoms with Crippen molar-refractivity contribution in [1.29, 1.82) is 0 Å². The number of fused-ring (bicyclic) bond motifs is 3. The van der Waals surface area contributed by atoms with Gasteiger partial charge >= 0.3 is 0 Å². The molecule has 1 saturated heterocycles. The Balaban J connectivity index is 1.25. The van der Waals surface area contributed by atoms with E-state index >= 15 is 0 Å². The number of hydrogen-bond acceptors (Lipinski definition) is 5. The van der Waals surface area contributed by atoms with Crippen LogP contribution in [0.3, 0.4) is 0 Å². The number of aryl methyl sites for hydroxylation is 1. The van der Waals surface area contributed by atoms with Crippen LogP contribution in [-0.2, 0) is 29.0 Å². The molecule has 2 fully saturated rings. The molecule has 180 valence electrons. The number of rotatable bonds is 5. The van der Waals surface area contributed by atoms with Crippen LogP contribution in [0, 0.1) is 5.41 Å². The molecule has 3 aromatic rings. The molecular weight excluding hydrogens is 510 g/mol. The molecule has 6 rings (SSSR count). The van der Waals surface area contributed by atoms with Crippen LogP contribution in [0.2, 0.25) is 0 Å². The number of carbonyl (C=O) groups excluding carboxylic acids is 3. The number of anilines is 1. The van der Waals surface area contributed by atoms with E-state index < -0.39 is 6.04 Å². The molecule has 8 nitrogen and oxygen atoms in total. The number of amides is 2. The third-order valence-electron chi connectivity index (χ3n) is 7.79. The lowest BCUT2D eigenvalue weighted by molar-refractivity contribution is -0.138. The van der Waals surface area contributed by atoms with Crippen LogP contribution in [0.4, 0.5) is 5.82 Å². The van der Waals surface area contributed by atoms with Crippen molar-refractivity contribution in [3.05, 3.63) is 51.8 Å². The van der Waals surface area contributed by atoms with Gasteiger partial charge < -0.3 is 10.2 Å². The molecule has 9 heteroatoms. The summed E-state index contributed by atoms with van der Waals surface area (Å²) in [5.74, 6) is 0.000107. The predicted octanol–water partition coefficient (Wildman–Crippen LogP) is 3.90. The minimum atomic E-state index is -0.561. The molecule has 3 aliphatic rings. The summed E-state index contributed by atoms with van der Waals surface area (Å²) in [6.07, 6.45) is 4.58. The number of aromatic nitrogens is 3. The highest BCUT2D eigenvalue weighted by Crippen LogP contribution is 2.59. The molecule has 1 aliphatic heterocycles. The highest BCUT2D eigenvalue weighted by Gasteiger charge is 2.64. The number of para-hydroxylation sites is 1. The minimum Gasteiger partial charge on any atom is -0.325 e. The van der Waals surface area contributed by atoms with E-state index in [2.05, 4.69) is 38.3 Å². The Morgan fingerprint density at radius 1 is 1.20 bits per heavy atom. The van der Waals surface area contributed by atoms with Gasteiger partial charge in [-0.3, -0.25) is 19.1 Å². The highest BCUT2D eigenvalue weighted by molar-refractivity contribution is 9.10. The van der Waals surface area contributed by atoms with E-state index in [0.29, 0.717) is 17.9 Å². The van der Waals surface area contributed by atoms with Crippen LogP contribution in [0.15, 0.2) is 34.9 Å². The number of likely N-dealkylation sites (tertiary alicyclic amines) is 1. The van der Waals surface area contributed by atoms with Crippen molar-refractivity contribution in [2.75, 3.05) is 5.32 Å². The highest BCUT2D eigenvalue weighted by atomic mass is 79.9. The van der Waals surface area contributed by atoms with E-state index in [9.17, 15) is 14.4 Å². The van der Waals surface area contributed by atoms with Gasteiger partial charge in [0.25, 0.3) is 0 Å². The average Bonchev–Trinajstić information content (AvgIpc) is 3.18. The Labute approximate surface area is 211 Å². The number of piperidine rings is 1. The van der Waals surface area contributed by atoms with Crippen molar-refractivity contribution in [3.63, 3.8) is 0 Å². The van der Waals surface area contributed by atoms with E-state index in [-0.39, 0.29) is 35.6 Å². The number of nitrogens with one attached hydrogen (secondary N) is 1. The molecule has 0 bridgehead atoms. The number of halogens is 1. The molecule has 1 aromatic carbocycles. The summed E-state index contributed by atoms with van der Waals surface area (Å²) in [5.41, 5.74) is 3.47. The maximum atomic E-state index is 13.6. The number of carbonyl (C=O) groups is 3. The first-order valence-electron chi connectivity index (χ1n) is 12.0. The molecule has 0 spiro atoms. The maximum Gasteiger partial charge on any atom is 0.248 e. The second kappa shape index (κ2) is 7.98. The van der Waals surface area contributed by atoms with Gasteiger partial charge in [-0.1, -0.05) is 25.1 Å². The summed E-state index contributed by atoms with van der Waals surface area (Å²) in [6.45, 7) is 3.59. The molecule has 2 aromatic heterocycles. The lowest BCUT2D eigenvalue weighted by Gasteiger charge is -2.27. The molecule has 1 N–H and O–H groups in total. The quantitative estimate of drug-likeness (QED) is 0.394. The average molecular weight is 536 g/mol. The largest absolute Gasteiger partial charge is 0.325 e. The standard InChI is InChI=1S/C26H26BrN5O3/c1-14(33)23-17-7-3-4-9-18(17)31(30-23)13-22(34)32-19(11-26(2)12-20(26)32)25(35)29-21-10-15-6-5-8-16(15)24(27)28-21/h3-4,7,9-10,19-20H,5-6,8,11-13H2,1-2H3,(H,28,29,35)/t19-,20?,26-/m0/s1. The first-order valence-corrected chi connectivity index (χ1v) is 12.8. The minimum absolute atomic E-state index is 0.0210. The van der Waals surface area contributed by atoms with Crippen LogP contribution in [0.25, 0.3) is 10.9 Å². The molecule has 0 radical (unpaired) electrons. The number of hydrogen-bond donors (Lipinski definition) is 1. The van der Waals surface area contributed by atoms with Crippen molar-refractivity contribution in [3.8, 4) is 0 Å². The molecule has 2 amide bonds. The summed E-state index contributed by atoms with van der Waals surface area (Å²) in [6, 6.07) is 8.84. The fourth-order valence-corrected chi connectivity index (χ4v) is 6.53. The molecule has 35 heavy (non-hydrogen) atoms. The predicted molar refractivity (Wildman–Crippen MR) is 134 cm³/mol. The Morgan fingerprint density at radius 3 is 2.80 bits per heavy atom. The Kier molecular flexibility index (Phi) is 5.11. The second-order valence-corrected chi connectivity index (χ2v) is 11.0. The van der Waals surface area contributed by atoms with Crippen molar-refractivity contribution in [2.24, 2.45) is 5.41 Å². The van der Waals surface area contributed by atoms with Crippen LogP contribution in [-0.4, -0.2) is 49.3 Å². The van der Waals surface area contributed by atoms with E-state index in [1.54, 1.807) is 9.58 Å². The summed E-state index contributed by atoms with van der Waals surface area (Å²) < 4.78 is 2.37. The summed E-state index contributed by atoms with van der Waals surface area (Å²) in [4.78, 5) is 45.3. The third kappa shape index (κ3) is 3.67. The van der Waals surface area contributed by atoms with Gasteiger partial charge in [-0.2, -0.15) is 5.10 Å². The van der Waals surface area contributed by atoms with Gasteiger partial charge in [0.05, 0.1) is 5.52 Å². The van der Waals surface area contributed by atoms with E-state index in [1.165, 1.54) is 18.1 Å². The van der Waals surface area contributed by atoms with Crippen molar-refractivity contribution in [2.45, 2.75) is 64.6 Å². The number of pyridine rings is 1. The Hall–Kier alpha value is -3.07. The van der Waals surface area contributed by atoms with Crippen molar-refractivity contribution < 1.29 is 14.4 Å². The van der Waals surface area contributed by atoms with Crippen molar-refractivity contribution in [1.82, 2.24) is 19.7 Å². The van der Waals surface area contributed by atoms with Gasteiger partial charge in [-0.15, -0.1) is 0 Å². The summed E-state index contributed by atoms with van der Waals surface area (Å²) in [7, 11) is 0.